The number of esters is 1. The fraction of sp³-hybridized carbons (Fsp3) is 0.500. The standard InChI is InChI=1S/C8H11N3O4S/c1-3-10(5-7(12)15-2)8-9-4-6(16-8)11(13)14/h4H,3,5H2,1-2H3. The number of carbonyl (C=O) groups is 1. The van der Waals surface area contributed by atoms with E-state index in [1.165, 1.54) is 13.3 Å². The molecule has 0 saturated carbocycles. The number of methoxy groups -OCH3 is 1. The van der Waals surface area contributed by atoms with Crippen LogP contribution in [0.5, 0.6) is 0 Å². The highest BCUT2D eigenvalue weighted by Crippen LogP contribution is 2.27. The van der Waals surface area contributed by atoms with Crippen molar-refractivity contribution in [3.63, 3.8) is 0 Å². The molecule has 88 valence electrons. The van der Waals surface area contributed by atoms with Gasteiger partial charge >= 0.3 is 11.0 Å². The number of rotatable bonds is 5. The summed E-state index contributed by atoms with van der Waals surface area (Å²) in [6.45, 7) is 2.40. The maximum atomic E-state index is 11.1. The van der Waals surface area contributed by atoms with Crippen LogP contribution in [-0.2, 0) is 9.53 Å². The molecule has 0 spiro atoms. The SMILES string of the molecule is CCN(CC(=O)OC)c1ncc([N+](=O)[O-])s1. The Balaban J connectivity index is 2.78. The normalized spacial score (nSPS) is 9.88. The van der Waals surface area contributed by atoms with Crippen LogP contribution >= 0.6 is 11.3 Å². The van der Waals surface area contributed by atoms with Crippen LogP contribution in [0, 0.1) is 10.1 Å². The molecule has 7 nitrogen and oxygen atoms in total. The fourth-order valence-corrected chi connectivity index (χ4v) is 1.82. The average Bonchev–Trinajstić information content (AvgIpc) is 2.74. The Kier molecular flexibility index (Phi) is 4.18. The maximum Gasteiger partial charge on any atom is 0.345 e. The smallest absolute Gasteiger partial charge is 0.345 e. The second-order valence-corrected chi connectivity index (χ2v) is 3.82. The average molecular weight is 245 g/mol. The van der Waals surface area contributed by atoms with E-state index < -0.39 is 10.9 Å². The van der Waals surface area contributed by atoms with Crippen LogP contribution < -0.4 is 4.90 Å². The third-order valence-corrected chi connectivity index (χ3v) is 2.87. The summed E-state index contributed by atoms with van der Waals surface area (Å²) in [5.74, 6) is -0.403. The van der Waals surface area contributed by atoms with Crippen molar-refractivity contribution in [3.05, 3.63) is 16.3 Å². The molecule has 0 unspecified atom stereocenters. The molecule has 8 heteroatoms. The van der Waals surface area contributed by atoms with Gasteiger partial charge in [0.2, 0.25) is 0 Å². The van der Waals surface area contributed by atoms with Gasteiger partial charge in [-0.25, -0.2) is 4.98 Å². The van der Waals surface area contributed by atoms with Gasteiger partial charge < -0.3 is 9.64 Å². The van der Waals surface area contributed by atoms with E-state index in [0.29, 0.717) is 11.7 Å². The van der Waals surface area contributed by atoms with Crippen molar-refractivity contribution in [2.24, 2.45) is 0 Å². The summed E-state index contributed by atoms with van der Waals surface area (Å²) in [6, 6.07) is 0. The van der Waals surface area contributed by atoms with E-state index >= 15 is 0 Å². The summed E-state index contributed by atoms with van der Waals surface area (Å²) >= 11 is 0.934. The summed E-state index contributed by atoms with van der Waals surface area (Å²) < 4.78 is 4.52. The number of likely N-dealkylation sites (N-methyl/N-ethyl adjacent to an activating group) is 1. The molecule has 0 aliphatic carbocycles. The van der Waals surface area contributed by atoms with Crippen molar-refractivity contribution in [2.45, 2.75) is 6.92 Å². The van der Waals surface area contributed by atoms with Crippen LogP contribution in [0.15, 0.2) is 6.20 Å². The van der Waals surface area contributed by atoms with Crippen molar-refractivity contribution in [3.8, 4) is 0 Å². The van der Waals surface area contributed by atoms with E-state index in [1.807, 2.05) is 6.92 Å². The maximum absolute atomic E-state index is 11.1. The van der Waals surface area contributed by atoms with Crippen molar-refractivity contribution in [1.29, 1.82) is 0 Å². The first-order chi connectivity index (χ1) is 7.58. The van der Waals surface area contributed by atoms with Gasteiger partial charge in [0.25, 0.3) is 0 Å². The number of nitro groups is 1. The Hall–Kier alpha value is -1.70. The number of aromatic nitrogens is 1. The highest BCUT2D eigenvalue weighted by Gasteiger charge is 2.17. The fourth-order valence-electron chi connectivity index (χ4n) is 1.02. The van der Waals surface area contributed by atoms with Crippen LogP contribution in [0.1, 0.15) is 6.92 Å². The molecule has 0 aromatic carbocycles. The molecule has 0 atom stereocenters. The minimum absolute atomic E-state index is 0.0394. The van der Waals surface area contributed by atoms with E-state index in [9.17, 15) is 14.9 Å². The van der Waals surface area contributed by atoms with E-state index in [-0.39, 0.29) is 11.5 Å². The molecule has 0 aliphatic heterocycles. The second kappa shape index (κ2) is 5.40. The van der Waals surface area contributed by atoms with Gasteiger partial charge in [0, 0.05) is 6.54 Å². The zero-order valence-corrected chi connectivity index (χ0v) is 9.69. The second-order valence-electron chi connectivity index (χ2n) is 2.83. The van der Waals surface area contributed by atoms with Crippen LogP contribution in [-0.4, -0.2) is 36.1 Å². The van der Waals surface area contributed by atoms with Gasteiger partial charge in [-0.15, -0.1) is 0 Å². The van der Waals surface area contributed by atoms with Crippen LogP contribution in [0.2, 0.25) is 0 Å². The lowest BCUT2D eigenvalue weighted by atomic mass is 10.5. The first kappa shape index (κ1) is 12.4. The zero-order chi connectivity index (χ0) is 12.1. The highest BCUT2D eigenvalue weighted by molar-refractivity contribution is 7.18. The molecule has 1 heterocycles. The Labute approximate surface area is 95.8 Å². The molecule has 0 amide bonds. The Morgan fingerprint density at radius 3 is 2.88 bits per heavy atom. The summed E-state index contributed by atoms with van der Waals surface area (Å²) in [5.41, 5.74) is 0. The van der Waals surface area contributed by atoms with E-state index in [2.05, 4.69) is 9.72 Å². The number of nitrogens with zero attached hydrogens (tertiary/aromatic N) is 3. The first-order valence-corrected chi connectivity index (χ1v) is 5.32. The molecule has 16 heavy (non-hydrogen) atoms. The molecule has 1 rings (SSSR count). The molecule has 1 aromatic heterocycles. The van der Waals surface area contributed by atoms with Crippen LogP contribution in [0.4, 0.5) is 10.1 Å². The Bertz CT molecular complexity index is 392. The number of ether oxygens (including phenoxy) is 1. The van der Waals surface area contributed by atoms with Crippen molar-refractivity contribution in [1.82, 2.24) is 4.98 Å². The minimum atomic E-state index is -0.507. The number of hydrogen-bond donors (Lipinski definition) is 0. The van der Waals surface area contributed by atoms with Crippen LogP contribution in [0.3, 0.4) is 0 Å². The van der Waals surface area contributed by atoms with Crippen molar-refractivity contribution < 1.29 is 14.5 Å². The summed E-state index contributed by atoms with van der Waals surface area (Å²) in [7, 11) is 1.29. The van der Waals surface area contributed by atoms with Crippen LogP contribution in [0.25, 0.3) is 0 Å². The minimum Gasteiger partial charge on any atom is -0.468 e. The van der Waals surface area contributed by atoms with Crippen molar-refractivity contribution in [2.75, 3.05) is 25.1 Å². The van der Waals surface area contributed by atoms with Gasteiger partial charge in [0.1, 0.15) is 12.7 Å². The van der Waals surface area contributed by atoms with Gasteiger partial charge in [-0.05, 0) is 18.3 Å². The molecule has 1 aromatic rings. The molecule has 0 fully saturated rings. The van der Waals surface area contributed by atoms with Gasteiger partial charge in [-0.1, -0.05) is 0 Å². The summed E-state index contributed by atoms with van der Waals surface area (Å²) in [6.07, 6.45) is 1.18. The van der Waals surface area contributed by atoms with Gasteiger partial charge in [0.15, 0.2) is 5.13 Å². The molecule has 0 bridgehead atoms. The van der Waals surface area contributed by atoms with E-state index in [1.54, 1.807) is 4.90 Å². The number of anilines is 1. The van der Waals surface area contributed by atoms with Gasteiger partial charge in [0.05, 0.1) is 12.0 Å². The Morgan fingerprint density at radius 2 is 2.44 bits per heavy atom. The predicted molar refractivity (Wildman–Crippen MR) is 58.7 cm³/mol. The molecular weight excluding hydrogens is 234 g/mol. The molecular formula is C8H11N3O4S. The molecule has 0 saturated heterocycles. The third-order valence-electron chi connectivity index (χ3n) is 1.86. The molecule has 0 aliphatic rings. The molecule has 0 radical (unpaired) electrons. The van der Waals surface area contributed by atoms with E-state index in [0.717, 1.165) is 11.3 Å². The lowest BCUT2D eigenvalue weighted by Crippen LogP contribution is -2.30. The summed E-state index contributed by atoms with van der Waals surface area (Å²) in [4.78, 5) is 26.5. The number of hydrogen-bond acceptors (Lipinski definition) is 7. The number of carbonyl (C=O) groups excluding carboxylic acids is 1. The predicted octanol–water partition coefficient (Wildman–Crippen LogP) is 1.05. The lowest BCUT2D eigenvalue weighted by Gasteiger charge is -2.17. The zero-order valence-electron chi connectivity index (χ0n) is 8.87. The Morgan fingerprint density at radius 1 is 1.75 bits per heavy atom. The highest BCUT2D eigenvalue weighted by atomic mass is 32.1. The summed E-state index contributed by atoms with van der Waals surface area (Å²) in [5, 5.41) is 10.9. The van der Waals surface area contributed by atoms with Gasteiger partial charge in [-0.2, -0.15) is 0 Å². The third kappa shape index (κ3) is 2.89. The quantitative estimate of drug-likeness (QED) is 0.438. The first-order valence-electron chi connectivity index (χ1n) is 4.50. The monoisotopic (exact) mass is 245 g/mol. The van der Waals surface area contributed by atoms with Crippen molar-refractivity contribution >= 4 is 27.4 Å². The van der Waals surface area contributed by atoms with E-state index in [4.69, 9.17) is 0 Å². The lowest BCUT2D eigenvalue weighted by molar-refractivity contribution is -0.380. The van der Waals surface area contributed by atoms with Gasteiger partial charge in [-0.3, -0.25) is 14.9 Å². The molecule has 0 N–H and O–H groups in total. The largest absolute Gasteiger partial charge is 0.468 e. The number of thiazole rings is 1. The topological polar surface area (TPSA) is 85.6 Å².